The van der Waals surface area contributed by atoms with Crippen LogP contribution < -0.4 is 14.2 Å². The van der Waals surface area contributed by atoms with Crippen LogP contribution >= 0.6 is 0 Å². The Kier molecular flexibility index (Phi) is 5.14. The molecule has 34 heavy (non-hydrogen) atoms. The summed E-state index contributed by atoms with van der Waals surface area (Å²) in [4.78, 5) is 0. The zero-order valence-electron chi connectivity index (χ0n) is 19.4. The van der Waals surface area contributed by atoms with E-state index < -0.39 is 0 Å². The molecule has 0 N–H and O–H groups in total. The maximum atomic E-state index is 6.32. The minimum absolute atomic E-state index is 0.722. The number of fused-ring (bicyclic) bond motifs is 1. The van der Waals surface area contributed by atoms with Crippen molar-refractivity contribution in [3.05, 3.63) is 95.1 Å². The SMILES string of the molecule is COc1cc2c3c(c1)oc1cc(ccc13)CCc1ccc(c(OC)c1)Oc1ccc(cc1)CC2. The van der Waals surface area contributed by atoms with Gasteiger partial charge < -0.3 is 18.6 Å². The molecule has 0 radical (unpaired) electrons. The van der Waals surface area contributed by atoms with Crippen molar-refractivity contribution in [1.82, 2.24) is 0 Å². The van der Waals surface area contributed by atoms with Gasteiger partial charge >= 0.3 is 0 Å². The van der Waals surface area contributed by atoms with Crippen LogP contribution in [0.25, 0.3) is 21.9 Å². The number of aryl methyl sites for hydroxylation is 4. The summed E-state index contributed by atoms with van der Waals surface area (Å²) in [6, 6.07) is 25.2. The van der Waals surface area contributed by atoms with E-state index in [0.717, 1.165) is 65.2 Å². The summed E-state index contributed by atoms with van der Waals surface area (Å²) in [5.41, 5.74) is 6.73. The first-order chi connectivity index (χ1) is 16.7. The lowest BCUT2D eigenvalue weighted by molar-refractivity contribution is 0.378. The third-order valence-corrected chi connectivity index (χ3v) is 6.69. The molecular weight excluding hydrogens is 424 g/mol. The number of ether oxygens (including phenoxy) is 3. The minimum atomic E-state index is 0.722. The smallest absolute Gasteiger partial charge is 0.169 e. The van der Waals surface area contributed by atoms with Crippen molar-refractivity contribution in [3.8, 4) is 23.0 Å². The first-order valence-electron chi connectivity index (χ1n) is 11.7. The van der Waals surface area contributed by atoms with Crippen molar-refractivity contribution in [2.75, 3.05) is 14.2 Å². The maximum absolute atomic E-state index is 6.32. The Morgan fingerprint density at radius 2 is 1.38 bits per heavy atom. The molecule has 0 amide bonds. The average Bonchev–Trinajstić information content (AvgIpc) is 3.24. The first-order valence-corrected chi connectivity index (χ1v) is 11.7. The van der Waals surface area contributed by atoms with Gasteiger partial charge in [0.2, 0.25) is 0 Å². The molecule has 170 valence electrons. The van der Waals surface area contributed by atoms with Gasteiger partial charge in [0.15, 0.2) is 11.5 Å². The molecule has 8 bridgehead atoms. The lowest BCUT2D eigenvalue weighted by Crippen LogP contribution is -1.95. The van der Waals surface area contributed by atoms with E-state index in [2.05, 4.69) is 48.5 Å². The van der Waals surface area contributed by atoms with Gasteiger partial charge in [-0.05, 0) is 84.3 Å². The number of benzene rings is 4. The third-order valence-electron chi connectivity index (χ3n) is 6.69. The van der Waals surface area contributed by atoms with Gasteiger partial charge in [-0.3, -0.25) is 0 Å². The molecule has 4 heteroatoms. The van der Waals surface area contributed by atoms with Crippen molar-refractivity contribution in [2.24, 2.45) is 0 Å². The van der Waals surface area contributed by atoms with E-state index in [-0.39, 0.29) is 0 Å². The van der Waals surface area contributed by atoms with Crippen molar-refractivity contribution in [1.29, 1.82) is 0 Å². The zero-order valence-corrected chi connectivity index (χ0v) is 19.4. The second-order valence-corrected chi connectivity index (χ2v) is 8.82. The number of methoxy groups -OCH3 is 2. The molecule has 0 spiro atoms. The first kappa shape index (κ1) is 20.7. The Morgan fingerprint density at radius 1 is 0.647 bits per heavy atom. The summed E-state index contributed by atoms with van der Waals surface area (Å²) in [6.07, 6.45) is 3.61. The Bertz CT molecular complexity index is 1490. The highest BCUT2D eigenvalue weighted by Crippen LogP contribution is 2.37. The van der Waals surface area contributed by atoms with Crippen LogP contribution in [0.2, 0.25) is 0 Å². The highest BCUT2D eigenvalue weighted by Gasteiger charge is 2.15. The molecule has 0 fully saturated rings. The molecule has 4 nitrogen and oxygen atoms in total. The normalized spacial score (nSPS) is 13.4. The van der Waals surface area contributed by atoms with Crippen molar-refractivity contribution >= 4 is 21.9 Å². The predicted molar refractivity (Wildman–Crippen MR) is 135 cm³/mol. The molecule has 5 aliphatic rings. The third kappa shape index (κ3) is 3.75. The molecule has 4 aromatic carbocycles. The predicted octanol–water partition coefficient (Wildman–Crippen LogP) is 7.28. The standard InChI is InChI=1S/C30H26O4/c1-31-24-17-22-10-5-19-6-11-23(12-7-19)33-26-14-9-21(16-28(26)32-2)4-3-20-8-13-25-27(15-20)34-29(18-24)30(22)25/h6-9,11-18H,3-5,10H2,1-2H3. The summed E-state index contributed by atoms with van der Waals surface area (Å²) in [6.45, 7) is 0. The van der Waals surface area contributed by atoms with E-state index in [0.29, 0.717) is 0 Å². The maximum Gasteiger partial charge on any atom is 0.169 e. The Balaban J connectivity index is 1.49. The fourth-order valence-corrected chi connectivity index (χ4v) is 4.85. The Morgan fingerprint density at radius 3 is 2.18 bits per heavy atom. The lowest BCUT2D eigenvalue weighted by Gasteiger charge is -2.13. The van der Waals surface area contributed by atoms with Gasteiger partial charge in [-0.1, -0.05) is 30.3 Å². The summed E-state index contributed by atoms with van der Waals surface area (Å²) in [7, 11) is 3.39. The summed E-state index contributed by atoms with van der Waals surface area (Å²) in [5, 5.41) is 2.34. The van der Waals surface area contributed by atoms with E-state index in [4.69, 9.17) is 18.6 Å². The topological polar surface area (TPSA) is 40.8 Å². The van der Waals surface area contributed by atoms with Crippen LogP contribution in [0.1, 0.15) is 22.3 Å². The fraction of sp³-hybridized carbons (Fsp3) is 0.200. The van der Waals surface area contributed by atoms with Gasteiger partial charge in [0, 0.05) is 16.8 Å². The fourth-order valence-electron chi connectivity index (χ4n) is 4.85. The van der Waals surface area contributed by atoms with Gasteiger partial charge in [0.05, 0.1) is 14.2 Å². The molecule has 0 saturated heterocycles. The quantitative estimate of drug-likeness (QED) is 0.283. The van der Waals surface area contributed by atoms with Gasteiger partial charge in [-0.15, -0.1) is 0 Å². The largest absolute Gasteiger partial charge is 0.497 e. The molecule has 0 saturated carbocycles. The molecule has 5 aromatic rings. The number of hydrogen-bond donors (Lipinski definition) is 0. The Hall–Kier alpha value is -3.92. The highest BCUT2D eigenvalue weighted by molar-refractivity contribution is 6.07. The van der Waals surface area contributed by atoms with Crippen molar-refractivity contribution < 1.29 is 18.6 Å². The van der Waals surface area contributed by atoms with Crippen LogP contribution in [0.4, 0.5) is 0 Å². The molecular formula is C30H26O4. The summed E-state index contributed by atoms with van der Waals surface area (Å²) >= 11 is 0. The van der Waals surface area contributed by atoms with Crippen LogP contribution in [0, 0.1) is 0 Å². The number of rotatable bonds is 2. The van der Waals surface area contributed by atoms with Gasteiger partial charge in [-0.25, -0.2) is 0 Å². The van der Waals surface area contributed by atoms with E-state index in [1.165, 1.54) is 27.6 Å². The number of furan rings is 1. The van der Waals surface area contributed by atoms with Gasteiger partial charge in [0.1, 0.15) is 22.7 Å². The van der Waals surface area contributed by atoms with Crippen LogP contribution in [0.3, 0.4) is 0 Å². The summed E-state index contributed by atoms with van der Waals surface area (Å²) in [5.74, 6) is 3.09. The minimum Gasteiger partial charge on any atom is -0.497 e. The lowest BCUT2D eigenvalue weighted by atomic mass is 9.98. The highest BCUT2D eigenvalue weighted by atomic mass is 16.5. The molecule has 6 heterocycles. The zero-order chi connectivity index (χ0) is 23.1. The van der Waals surface area contributed by atoms with E-state index in [1.807, 2.05) is 24.3 Å². The van der Waals surface area contributed by atoms with Crippen LogP contribution in [0.15, 0.2) is 77.2 Å². The van der Waals surface area contributed by atoms with Gasteiger partial charge in [0.25, 0.3) is 0 Å². The van der Waals surface area contributed by atoms with E-state index in [1.54, 1.807) is 14.2 Å². The van der Waals surface area contributed by atoms with Gasteiger partial charge in [-0.2, -0.15) is 0 Å². The molecule has 0 aliphatic carbocycles. The molecule has 0 atom stereocenters. The Labute approximate surface area is 198 Å². The van der Waals surface area contributed by atoms with Crippen molar-refractivity contribution in [3.63, 3.8) is 0 Å². The second-order valence-electron chi connectivity index (χ2n) is 8.82. The molecule has 1 aromatic heterocycles. The molecule has 10 rings (SSSR count). The van der Waals surface area contributed by atoms with Crippen molar-refractivity contribution in [2.45, 2.75) is 25.7 Å². The van der Waals surface area contributed by atoms with Crippen LogP contribution in [-0.2, 0) is 25.7 Å². The molecule has 5 aliphatic heterocycles. The van der Waals surface area contributed by atoms with Crippen LogP contribution in [-0.4, -0.2) is 14.2 Å². The number of hydrogen-bond acceptors (Lipinski definition) is 4. The average molecular weight is 451 g/mol. The van der Waals surface area contributed by atoms with E-state index >= 15 is 0 Å². The van der Waals surface area contributed by atoms with E-state index in [9.17, 15) is 0 Å². The monoisotopic (exact) mass is 450 g/mol. The van der Waals surface area contributed by atoms with Crippen LogP contribution in [0.5, 0.6) is 23.0 Å². The second kappa shape index (κ2) is 8.45. The summed E-state index contributed by atoms with van der Waals surface area (Å²) < 4.78 is 23.7. The molecule has 0 unspecified atom stereocenters.